The molecule has 1 amide bonds. The summed E-state index contributed by atoms with van der Waals surface area (Å²) in [6, 6.07) is 14.9. The molecule has 1 aromatic heterocycles. The van der Waals surface area contributed by atoms with E-state index in [4.69, 9.17) is 0 Å². The molecule has 6 heteroatoms. The first-order valence-electron chi connectivity index (χ1n) is 8.76. The Kier molecular flexibility index (Phi) is 7.01. The Bertz CT molecular complexity index is 992. The molecule has 0 N–H and O–H groups in total. The van der Waals surface area contributed by atoms with Gasteiger partial charge in [0.25, 0.3) is 0 Å². The number of carbonyl (C=O) groups excluding carboxylic acids is 1. The maximum Gasteiger partial charge on any atom is 0.248 e. The van der Waals surface area contributed by atoms with E-state index in [9.17, 15) is 9.18 Å². The molecule has 0 saturated heterocycles. The van der Waals surface area contributed by atoms with Crippen molar-refractivity contribution in [1.82, 2.24) is 4.57 Å². The first-order valence-corrected chi connectivity index (χ1v) is 10.7. The number of benzene rings is 2. The van der Waals surface area contributed by atoms with Crippen LogP contribution >= 0.6 is 23.1 Å². The monoisotopic (exact) mass is 400 g/mol. The molecule has 3 nitrogen and oxygen atoms in total. The number of aromatic nitrogens is 1. The van der Waals surface area contributed by atoms with Gasteiger partial charge in [-0.3, -0.25) is 4.79 Å². The Morgan fingerprint density at radius 3 is 2.85 bits per heavy atom. The Balaban J connectivity index is 1.61. The predicted octanol–water partition coefficient (Wildman–Crippen LogP) is 5.17. The molecule has 140 valence electrons. The van der Waals surface area contributed by atoms with Crippen LogP contribution < -0.4 is 4.80 Å². The molecule has 0 radical (unpaired) electrons. The van der Waals surface area contributed by atoms with Crippen molar-refractivity contribution < 1.29 is 9.18 Å². The van der Waals surface area contributed by atoms with Gasteiger partial charge in [0, 0.05) is 18.7 Å². The number of hydrogen-bond acceptors (Lipinski definition) is 3. The lowest BCUT2D eigenvalue weighted by molar-refractivity contribution is -0.118. The summed E-state index contributed by atoms with van der Waals surface area (Å²) in [4.78, 5) is 17.1. The van der Waals surface area contributed by atoms with Gasteiger partial charge in [-0.05, 0) is 35.9 Å². The summed E-state index contributed by atoms with van der Waals surface area (Å²) in [6.07, 6.45) is 2.96. The molecule has 0 atom stereocenters. The van der Waals surface area contributed by atoms with Gasteiger partial charge in [0.15, 0.2) is 4.80 Å². The molecule has 0 bridgehead atoms. The van der Waals surface area contributed by atoms with Crippen molar-refractivity contribution in [2.75, 3.05) is 5.75 Å². The summed E-state index contributed by atoms with van der Waals surface area (Å²) in [6.45, 7) is 4.29. The number of allylic oxidation sites excluding steroid dienone is 1. The number of hydrogen-bond donors (Lipinski definition) is 0. The number of thioether (sulfide) groups is 1. The quantitative estimate of drug-likeness (QED) is 0.386. The maximum absolute atomic E-state index is 13.5. The van der Waals surface area contributed by atoms with Crippen molar-refractivity contribution in [1.29, 1.82) is 0 Å². The van der Waals surface area contributed by atoms with Crippen LogP contribution in [0.25, 0.3) is 10.2 Å². The second-order valence-electron chi connectivity index (χ2n) is 6.04. The molecule has 0 aliphatic heterocycles. The number of thiazole rings is 1. The summed E-state index contributed by atoms with van der Waals surface area (Å²) in [5.41, 5.74) is 2.16. The molecule has 0 unspecified atom stereocenters. The van der Waals surface area contributed by atoms with Crippen molar-refractivity contribution in [3.63, 3.8) is 0 Å². The van der Waals surface area contributed by atoms with E-state index in [-0.39, 0.29) is 11.7 Å². The molecule has 2 aromatic carbocycles. The molecule has 3 rings (SSSR count). The van der Waals surface area contributed by atoms with Gasteiger partial charge in [-0.15, -0.1) is 6.58 Å². The summed E-state index contributed by atoms with van der Waals surface area (Å²) in [7, 11) is 0. The van der Waals surface area contributed by atoms with E-state index >= 15 is 0 Å². The van der Waals surface area contributed by atoms with Gasteiger partial charge >= 0.3 is 0 Å². The van der Waals surface area contributed by atoms with Crippen LogP contribution in [0.15, 0.2) is 66.2 Å². The highest BCUT2D eigenvalue weighted by molar-refractivity contribution is 7.98. The zero-order chi connectivity index (χ0) is 19.1. The SMILES string of the molecule is C=CCn1c(=NC(=O)CCCSCc2ccccc2)sc2cc(F)ccc21. The van der Waals surface area contributed by atoms with Gasteiger partial charge < -0.3 is 4.57 Å². The zero-order valence-electron chi connectivity index (χ0n) is 14.9. The van der Waals surface area contributed by atoms with Crippen LogP contribution in [-0.2, 0) is 17.1 Å². The number of halogens is 1. The summed E-state index contributed by atoms with van der Waals surface area (Å²) < 4.78 is 16.1. The molecule has 3 aromatic rings. The van der Waals surface area contributed by atoms with E-state index in [1.165, 1.54) is 29.0 Å². The standard InChI is InChI=1S/C21H21FN2OS2/c1-2-12-24-18-11-10-17(22)14-19(18)27-21(24)23-20(25)9-6-13-26-15-16-7-4-3-5-8-16/h2-5,7-8,10-11,14H,1,6,9,12-13,15H2. The van der Waals surface area contributed by atoms with E-state index in [2.05, 4.69) is 23.7 Å². The second kappa shape index (κ2) is 9.67. The van der Waals surface area contributed by atoms with E-state index in [1.807, 2.05) is 34.5 Å². The zero-order valence-corrected chi connectivity index (χ0v) is 16.6. The van der Waals surface area contributed by atoms with Crippen LogP contribution in [0.4, 0.5) is 4.39 Å². The highest BCUT2D eigenvalue weighted by Gasteiger charge is 2.08. The largest absolute Gasteiger partial charge is 0.313 e. The third-order valence-corrected chi connectivity index (χ3v) is 6.12. The fourth-order valence-electron chi connectivity index (χ4n) is 2.69. The Labute approximate surface area is 166 Å². The van der Waals surface area contributed by atoms with Crippen LogP contribution in [0, 0.1) is 5.82 Å². The molecule has 0 fully saturated rings. The Morgan fingerprint density at radius 2 is 2.07 bits per heavy atom. The van der Waals surface area contributed by atoms with E-state index in [1.54, 1.807) is 12.1 Å². The van der Waals surface area contributed by atoms with Gasteiger partial charge in [-0.1, -0.05) is 47.7 Å². The predicted molar refractivity (Wildman–Crippen MR) is 112 cm³/mol. The van der Waals surface area contributed by atoms with Gasteiger partial charge in [0.1, 0.15) is 5.82 Å². The summed E-state index contributed by atoms with van der Waals surface area (Å²) in [5, 5.41) is 0. The van der Waals surface area contributed by atoms with Crippen LogP contribution in [0.3, 0.4) is 0 Å². The van der Waals surface area contributed by atoms with Gasteiger partial charge in [-0.2, -0.15) is 16.8 Å². The fourth-order valence-corrected chi connectivity index (χ4v) is 4.69. The number of fused-ring (bicyclic) bond motifs is 1. The molecule has 0 saturated carbocycles. The minimum Gasteiger partial charge on any atom is -0.313 e. The van der Waals surface area contributed by atoms with Crippen LogP contribution in [0.5, 0.6) is 0 Å². The van der Waals surface area contributed by atoms with Crippen molar-refractivity contribution in [3.05, 3.63) is 77.4 Å². The third-order valence-electron chi connectivity index (χ3n) is 3.97. The molecule has 0 aliphatic carbocycles. The normalized spacial score (nSPS) is 11.8. The van der Waals surface area contributed by atoms with Crippen LogP contribution in [-0.4, -0.2) is 16.2 Å². The molecular weight excluding hydrogens is 379 g/mol. The minimum atomic E-state index is -0.289. The van der Waals surface area contributed by atoms with Crippen LogP contribution in [0.1, 0.15) is 18.4 Å². The molecular formula is C21H21FN2OS2. The number of nitrogens with zero attached hydrogens (tertiary/aromatic N) is 2. The number of amides is 1. The maximum atomic E-state index is 13.5. The van der Waals surface area contributed by atoms with Gasteiger partial charge in [0.05, 0.1) is 10.2 Å². The number of carbonyl (C=O) groups is 1. The minimum absolute atomic E-state index is 0.139. The van der Waals surface area contributed by atoms with Crippen molar-refractivity contribution >= 4 is 39.2 Å². The van der Waals surface area contributed by atoms with Crippen LogP contribution in [0.2, 0.25) is 0 Å². The van der Waals surface area contributed by atoms with Crippen molar-refractivity contribution in [2.45, 2.75) is 25.1 Å². The van der Waals surface area contributed by atoms with Crippen molar-refractivity contribution in [2.24, 2.45) is 4.99 Å². The fraction of sp³-hybridized carbons (Fsp3) is 0.238. The van der Waals surface area contributed by atoms with Gasteiger partial charge in [0.2, 0.25) is 5.91 Å². The Hall–Kier alpha value is -2.18. The van der Waals surface area contributed by atoms with E-state index in [0.717, 1.165) is 28.1 Å². The van der Waals surface area contributed by atoms with E-state index < -0.39 is 0 Å². The highest BCUT2D eigenvalue weighted by Crippen LogP contribution is 2.19. The Morgan fingerprint density at radius 1 is 1.26 bits per heavy atom. The summed E-state index contributed by atoms with van der Waals surface area (Å²) in [5.74, 6) is 1.44. The summed E-state index contributed by atoms with van der Waals surface area (Å²) >= 11 is 3.15. The number of rotatable bonds is 8. The molecule has 1 heterocycles. The highest BCUT2D eigenvalue weighted by atomic mass is 32.2. The lowest BCUT2D eigenvalue weighted by atomic mass is 10.2. The average molecular weight is 401 g/mol. The molecule has 27 heavy (non-hydrogen) atoms. The first kappa shape index (κ1) is 19.6. The third kappa shape index (κ3) is 5.40. The van der Waals surface area contributed by atoms with Crippen molar-refractivity contribution in [3.8, 4) is 0 Å². The molecule has 0 spiro atoms. The smallest absolute Gasteiger partial charge is 0.248 e. The van der Waals surface area contributed by atoms with Gasteiger partial charge in [-0.25, -0.2) is 4.39 Å². The topological polar surface area (TPSA) is 34.4 Å². The second-order valence-corrected chi connectivity index (χ2v) is 8.16. The molecule has 0 aliphatic rings. The lowest BCUT2D eigenvalue weighted by Crippen LogP contribution is -2.16. The van der Waals surface area contributed by atoms with E-state index in [0.29, 0.717) is 17.8 Å². The average Bonchev–Trinajstić information content (AvgIpc) is 2.99. The lowest BCUT2D eigenvalue weighted by Gasteiger charge is -2.01. The first-order chi connectivity index (χ1) is 13.2.